The third kappa shape index (κ3) is 4.12. The molecule has 0 radical (unpaired) electrons. The number of amidine groups is 1. The van der Waals surface area contributed by atoms with E-state index in [9.17, 15) is 18.0 Å². The molecule has 4 rings (SSSR count). The summed E-state index contributed by atoms with van der Waals surface area (Å²) >= 11 is 0. The molecule has 1 aromatic rings. The Bertz CT molecular complexity index is 902. The molecular formula is C20H23F3N6O. The van der Waals surface area contributed by atoms with Gasteiger partial charge in [-0.2, -0.15) is 13.2 Å². The third-order valence-corrected chi connectivity index (χ3v) is 5.44. The van der Waals surface area contributed by atoms with Gasteiger partial charge >= 0.3 is 12.2 Å². The summed E-state index contributed by atoms with van der Waals surface area (Å²) in [5.74, 6) is 1.69. The molecule has 3 aliphatic rings. The standard InChI is InChI=1S/C20H23F3N6O/c1-2-14-12-29-13-24-17(11-18(29)25-14)27-7-9-28(10-8-27)19(30)26-16-6-4-3-5-15(16)20(21,22)23/h3-6,11,13-14H,2,7-10,12H2,1H3,(H,26,30)/t14-/m0/s1. The van der Waals surface area contributed by atoms with E-state index in [1.165, 1.54) is 23.1 Å². The number of nitrogens with one attached hydrogen (secondary N) is 1. The van der Waals surface area contributed by atoms with Gasteiger partial charge in [0, 0.05) is 38.8 Å². The average Bonchev–Trinajstić information content (AvgIpc) is 3.16. The zero-order chi connectivity index (χ0) is 21.3. The number of hydrogen-bond donors (Lipinski definition) is 1. The second-order valence-electron chi connectivity index (χ2n) is 7.40. The Hall–Kier alpha value is -3.04. The van der Waals surface area contributed by atoms with Gasteiger partial charge in [-0.3, -0.25) is 4.99 Å². The highest BCUT2D eigenvalue weighted by atomic mass is 19.4. The number of piperazine rings is 1. The predicted octanol–water partition coefficient (Wildman–Crippen LogP) is 3.23. The van der Waals surface area contributed by atoms with Crippen molar-refractivity contribution < 1.29 is 18.0 Å². The van der Waals surface area contributed by atoms with Crippen molar-refractivity contribution >= 4 is 23.9 Å². The molecule has 2 amide bonds. The monoisotopic (exact) mass is 420 g/mol. The van der Waals surface area contributed by atoms with E-state index < -0.39 is 17.8 Å². The zero-order valence-electron chi connectivity index (χ0n) is 16.6. The van der Waals surface area contributed by atoms with Crippen LogP contribution in [0.15, 0.2) is 46.1 Å². The Morgan fingerprint density at radius 2 is 1.93 bits per heavy atom. The quantitative estimate of drug-likeness (QED) is 0.817. The number of fused-ring (bicyclic) bond motifs is 1. The predicted molar refractivity (Wildman–Crippen MR) is 108 cm³/mol. The molecule has 1 N–H and O–H groups in total. The highest BCUT2D eigenvalue weighted by molar-refractivity contribution is 6.03. The lowest BCUT2D eigenvalue weighted by molar-refractivity contribution is -0.136. The van der Waals surface area contributed by atoms with E-state index in [2.05, 4.69) is 27.1 Å². The van der Waals surface area contributed by atoms with Crippen LogP contribution >= 0.6 is 0 Å². The zero-order valence-corrected chi connectivity index (χ0v) is 16.6. The normalized spacial score (nSPS) is 21.3. The van der Waals surface area contributed by atoms with Crippen LogP contribution in [0.5, 0.6) is 0 Å². The lowest BCUT2D eigenvalue weighted by atomic mass is 10.1. The average molecular weight is 420 g/mol. The van der Waals surface area contributed by atoms with Crippen LogP contribution in [0, 0.1) is 0 Å². The number of nitrogens with zero attached hydrogens (tertiary/aromatic N) is 5. The van der Waals surface area contributed by atoms with E-state index >= 15 is 0 Å². The van der Waals surface area contributed by atoms with E-state index in [0.29, 0.717) is 26.2 Å². The topological polar surface area (TPSA) is 63.5 Å². The van der Waals surface area contributed by atoms with Crippen molar-refractivity contribution in [3.63, 3.8) is 0 Å². The number of anilines is 1. The smallest absolute Gasteiger partial charge is 0.353 e. The van der Waals surface area contributed by atoms with E-state index in [1.54, 1.807) is 6.34 Å². The first-order valence-electron chi connectivity index (χ1n) is 9.92. The van der Waals surface area contributed by atoms with E-state index in [1.807, 2.05) is 11.0 Å². The van der Waals surface area contributed by atoms with Crippen molar-refractivity contribution in [1.82, 2.24) is 14.7 Å². The molecule has 1 aromatic carbocycles. The van der Waals surface area contributed by atoms with Crippen LogP contribution in [0.4, 0.5) is 23.7 Å². The Morgan fingerprint density at radius 3 is 2.63 bits per heavy atom. The van der Waals surface area contributed by atoms with Crippen molar-refractivity contribution in [2.75, 3.05) is 38.0 Å². The van der Waals surface area contributed by atoms with Gasteiger partial charge in [0.15, 0.2) is 0 Å². The largest absolute Gasteiger partial charge is 0.418 e. The Kier molecular flexibility index (Phi) is 5.40. The molecule has 3 aliphatic heterocycles. The van der Waals surface area contributed by atoms with Gasteiger partial charge in [-0.05, 0) is 18.6 Å². The van der Waals surface area contributed by atoms with E-state index in [0.717, 1.165) is 30.7 Å². The number of halogens is 3. The van der Waals surface area contributed by atoms with Crippen LogP contribution in [0.25, 0.3) is 0 Å². The molecule has 0 bridgehead atoms. The second-order valence-corrected chi connectivity index (χ2v) is 7.40. The van der Waals surface area contributed by atoms with E-state index in [4.69, 9.17) is 0 Å². The van der Waals surface area contributed by atoms with Gasteiger partial charge in [0.05, 0.1) is 23.6 Å². The SMILES string of the molecule is CC[C@H]1CN2C=NC(N3CCN(C(=O)Nc4ccccc4C(F)(F)F)CC3)=CC2=N1. The summed E-state index contributed by atoms with van der Waals surface area (Å²) in [7, 11) is 0. The first kappa shape index (κ1) is 20.2. The Labute approximate surface area is 172 Å². The molecule has 10 heteroatoms. The van der Waals surface area contributed by atoms with Gasteiger partial charge in [0.25, 0.3) is 0 Å². The van der Waals surface area contributed by atoms with Gasteiger partial charge in [-0.25, -0.2) is 9.79 Å². The summed E-state index contributed by atoms with van der Waals surface area (Å²) in [6.45, 7) is 4.81. The van der Waals surface area contributed by atoms with Crippen molar-refractivity contribution in [2.24, 2.45) is 9.98 Å². The molecule has 1 saturated heterocycles. The van der Waals surface area contributed by atoms with Gasteiger partial charge in [0.2, 0.25) is 0 Å². The summed E-state index contributed by atoms with van der Waals surface area (Å²) in [5.41, 5.74) is -1.09. The van der Waals surface area contributed by atoms with Gasteiger partial charge in [-0.15, -0.1) is 0 Å². The maximum Gasteiger partial charge on any atom is 0.418 e. The fourth-order valence-corrected chi connectivity index (χ4v) is 3.70. The second kappa shape index (κ2) is 8.00. The molecule has 0 aliphatic carbocycles. The summed E-state index contributed by atoms with van der Waals surface area (Å²) < 4.78 is 39.4. The number of carbonyl (C=O) groups is 1. The molecule has 0 spiro atoms. The Balaban J connectivity index is 1.37. The van der Waals surface area contributed by atoms with E-state index in [-0.39, 0.29) is 11.7 Å². The number of amides is 2. The number of urea groups is 1. The minimum atomic E-state index is -4.53. The lowest BCUT2D eigenvalue weighted by Gasteiger charge is -2.36. The summed E-state index contributed by atoms with van der Waals surface area (Å²) in [5, 5.41) is 2.40. The first-order valence-corrected chi connectivity index (χ1v) is 9.92. The van der Waals surface area contributed by atoms with Crippen LogP contribution in [0.3, 0.4) is 0 Å². The lowest BCUT2D eigenvalue weighted by Crippen LogP contribution is -2.50. The number of aliphatic imine (C=N–C) groups is 2. The molecule has 0 saturated carbocycles. The number of carbonyl (C=O) groups excluding carboxylic acids is 1. The summed E-state index contributed by atoms with van der Waals surface area (Å²) in [6.07, 6.45) is 0.186. The molecule has 3 heterocycles. The van der Waals surface area contributed by atoms with Crippen molar-refractivity contribution in [1.29, 1.82) is 0 Å². The molecule has 30 heavy (non-hydrogen) atoms. The van der Waals surface area contributed by atoms with Gasteiger partial charge in [-0.1, -0.05) is 19.1 Å². The highest BCUT2D eigenvalue weighted by Crippen LogP contribution is 2.34. The fourth-order valence-electron chi connectivity index (χ4n) is 3.70. The molecule has 160 valence electrons. The van der Waals surface area contributed by atoms with Crippen LogP contribution in [-0.4, -0.2) is 71.7 Å². The summed E-state index contributed by atoms with van der Waals surface area (Å²) in [6, 6.07) is 4.73. The molecule has 1 atom stereocenters. The highest BCUT2D eigenvalue weighted by Gasteiger charge is 2.34. The first-order chi connectivity index (χ1) is 14.3. The maximum absolute atomic E-state index is 13.1. The van der Waals surface area contributed by atoms with Crippen molar-refractivity contribution in [3.05, 3.63) is 41.7 Å². The molecule has 7 nitrogen and oxygen atoms in total. The number of rotatable bonds is 3. The Morgan fingerprint density at radius 1 is 1.20 bits per heavy atom. The van der Waals surface area contributed by atoms with Gasteiger partial charge in [0.1, 0.15) is 11.7 Å². The fraction of sp³-hybridized carbons (Fsp3) is 0.450. The number of para-hydroxylation sites is 1. The molecule has 0 unspecified atom stereocenters. The number of benzene rings is 1. The van der Waals surface area contributed by atoms with Crippen LogP contribution in [-0.2, 0) is 6.18 Å². The number of alkyl halides is 3. The molecule has 1 fully saturated rings. The van der Waals surface area contributed by atoms with Crippen molar-refractivity contribution in [2.45, 2.75) is 25.6 Å². The minimum absolute atomic E-state index is 0.234. The van der Waals surface area contributed by atoms with Crippen LogP contribution in [0.1, 0.15) is 18.9 Å². The molecule has 0 aromatic heterocycles. The third-order valence-electron chi connectivity index (χ3n) is 5.44. The summed E-state index contributed by atoms with van der Waals surface area (Å²) in [4.78, 5) is 27.3. The molecular weight excluding hydrogens is 397 g/mol. The van der Waals surface area contributed by atoms with Crippen LogP contribution in [0.2, 0.25) is 0 Å². The van der Waals surface area contributed by atoms with Crippen LogP contribution < -0.4 is 5.32 Å². The minimum Gasteiger partial charge on any atom is -0.353 e. The van der Waals surface area contributed by atoms with Gasteiger partial charge < -0.3 is 20.0 Å². The maximum atomic E-state index is 13.1. The number of hydrogen-bond acceptors (Lipinski definition) is 5. The van der Waals surface area contributed by atoms with Crippen molar-refractivity contribution in [3.8, 4) is 0 Å².